The molecule has 0 saturated carbocycles. The molecule has 3 rings (SSSR count). The smallest absolute Gasteiger partial charge is 0.324 e. The van der Waals surface area contributed by atoms with Crippen LogP contribution in [0.15, 0.2) is 34.9 Å². The zero-order valence-corrected chi connectivity index (χ0v) is 14.9. The number of esters is 1. The molecule has 0 unspecified atom stereocenters. The number of carbonyl (C=O) groups is 1. The first-order chi connectivity index (χ1) is 12.1. The molecule has 0 bridgehead atoms. The van der Waals surface area contributed by atoms with Crippen LogP contribution in [0, 0.1) is 0 Å². The lowest BCUT2D eigenvalue weighted by molar-refractivity contribution is -0.147. The Kier molecular flexibility index (Phi) is 4.99. The summed E-state index contributed by atoms with van der Waals surface area (Å²) in [6.45, 7) is 0.722. The van der Waals surface area contributed by atoms with Crippen LogP contribution in [0.5, 0.6) is 11.5 Å². The number of rotatable bonds is 4. The van der Waals surface area contributed by atoms with Crippen molar-refractivity contribution in [2.24, 2.45) is 0 Å². The highest BCUT2D eigenvalue weighted by Crippen LogP contribution is 2.41. The van der Waals surface area contributed by atoms with Gasteiger partial charge in [0.05, 0.1) is 33.5 Å². The van der Waals surface area contributed by atoms with Crippen LogP contribution in [0.4, 0.5) is 0 Å². The number of hydrogen-bond acceptors (Lipinski definition) is 6. The lowest BCUT2D eigenvalue weighted by atomic mass is 9.86. The summed E-state index contributed by atoms with van der Waals surface area (Å²) in [5, 5.41) is 0. The quantitative estimate of drug-likeness (QED) is 0.794. The van der Waals surface area contributed by atoms with Crippen LogP contribution in [0.1, 0.15) is 22.8 Å². The van der Waals surface area contributed by atoms with E-state index in [1.165, 1.54) is 7.11 Å². The van der Waals surface area contributed by atoms with Crippen molar-refractivity contribution in [1.29, 1.82) is 0 Å². The Morgan fingerprint density at radius 3 is 2.52 bits per heavy atom. The summed E-state index contributed by atoms with van der Waals surface area (Å²) < 4.78 is 21.7. The van der Waals surface area contributed by atoms with Gasteiger partial charge in [0.1, 0.15) is 11.8 Å². The second-order valence-corrected chi connectivity index (χ2v) is 6.10. The van der Waals surface area contributed by atoms with Crippen LogP contribution in [0.2, 0.25) is 0 Å². The third-order valence-electron chi connectivity index (χ3n) is 4.80. The van der Waals surface area contributed by atoms with Gasteiger partial charge < -0.3 is 18.6 Å². The van der Waals surface area contributed by atoms with Crippen molar-refractivity contribution in [1.82, 2.24) is 4.90 Å². The van der Waals surface area contributed by atoms with Crippen LogP contribution >= 0.6 is 0 Å². The Labute approximate surface area is 147 Å². The molecule has 6 nitrogen and oxygen atoms in total. The SMILES string of the molecule is COC(=O)[C@H]1[C@H](c2ccco2)c2cc(OC)c(OC)cc2CCN1C. The lowest BCUT2D eigenvalue weighted by Gasteiger charge is -2.29. The molecule has 1 aromatic carbocycles. The van der Waals surface area contributed by atoms with Gasteiger partial charge in [0.15, 0.2) is 11.5 Å². The van der Waals surface area contributed by atoms with E-state index in [2.05, 4.69) is 0 Å². The molecular formula is C19H23NO5. The number of fused-ring (bicyclic) bond motifs is 1. The molecule has 2 heterocycles. The Morgan fingerprint density at radius 1 is 1.20 bits per heavy atom. The Morgan fingerprint density at radius 2 is 1.92 bits per heavy atom. The Bertz CT molecular complexity index is 741. The Balaban J connectivity index is 2.21. The van der Waals surface area contributed by atoms with Crippen molar-refractivity contribution in [2.45, 2.75) is 18.4 Å². The topological polar surface area (TPSA) is 61.1 Å². The average molecular weight is 345 g/mol. The number of furan rings is 1. The van der Waals surface area contributed by atoms with Gasteiger partial charge in [-0.1, -0.05) is 0 Å². The van der Waals surface area contributed by atoms with Gasteiger partial charge in [0.2, 0.25) is 0 Å². The van der Waals surface area contributed by atoms with Crippen molar-refractivity contribution in [3.63, 3.8) is 0 Å². The summed E-state index contributed by atoms with van der Waals surface area (Å²) in [7, 11) is 6.56. The van der Waals surface area contributed by atoms with Crippen LogP contribution in [-0.2, 0) is 16.0 Å². The summed E-state index contributed by atoms with van der Waals surface area (Å²) in [5.41, 5.74) is 2.10. The summed E-state index contributed by atoms with van der Waals surface area (Å²) in [6.07, 6.45) is 2.41. The molecule has 1 aliphatic heterocycles. The number of hydrogen-bond donors (Lipinski definition) is 0. The van der Waals surface area contributed by atoms with E-state index < -0.39 is 6.04 Å². The predicted molar refractivity (Wildman–Crippen MR) is 92.2 cm³/mol. The molecule has 0 aliphatic carbocycles. The van der Waals surface area contributed by atoms with E-state index in [1.807, 2.05) is 36.2 Å². The van der Waals surface area contributed by atoms with E-state index in [1.54, 1.807) is 20.5 Å². The van der Waals surface area contributed by atoms with Crippen molar-refractivity contribution in [2.75, 3.05) is 34.9 Å². The maximum absolute atomic E-state index is 12.6. The molecule has 25 heavy (non-hydrogen) atoms. The van der Waals surface area contributed by atoms with Gasteiger partial charge in [-0.3, -0.25) is 9.69 Å². The fourth-order valence-electron chi connectivity index (χ4n) is 3.52. The molecule has 134 valence electrons. The summed E-state index contributed by atoms with van der Waals surface area (Å²) in [4.78, 5) is 14.6. The summed E-state index contributed by atoms with van der Waals surface area (Å²) >= 11 is 0. The van der Waals surface area contributed by atoms with Gasteiger partial charge in [-0.25, -0.2) is 0 Å². The van der Waals surface area contributed by atoms with Crippen molar-refractivity contribution in [3.8, 4) is 11.5 Å². The van der Waals surface area contributed by atoms with Crippen LogP contribution in [0.3, 0.4) is 0 Å². The molecule has 0 radical (unpaired) electrons. The summed E-state index contributed by atoms with van der Waals surface area (Å²) in [6, 6.07) is 7.17. The van der Waals surface area contributed by atoms with E-state index in [0.717, 1.165) is 29.9 Å². The van der Waals surface area contributed by atoms with Gasteiger partial charge in [-0.2, -0.15) is 0 Å². The predicted octanol–water partition coefficient (Wildman–Crippen LogP) is 2.46. The first-order valence-corrected chi connectivity index (χ1v) is 8.17. The van der Waals surface area contributed by atoms with Crippen molar-refractivity contribution < 1.29 is 23.4 Å². The molecule has 1 aliphatic rings. The number of carbonyl (C=O) groups excluding carboxylic acids is 1. The first kappa shape index (κ1) is 17.4. The normalized spacial score (nSPS) is 20.5. The van der Waals surface area contributed by atoms with Crippen LogP contribution < -0.4 is 9.47 Å². The molecular weight excluding hydrogens is 322 g/mol. The second kappa shape index (κ2) is 7.19. The first-order valence-electron chi connectivity index (χ1n) is 8.17. The molecule has 0 saturated heterocycles. The van der Waals surface area contributed by atoms with Crippen molar-refractivity contribution in [3.05, 3.63) is 47.4 Å². The highest BCUT2D eigenvalue weighted by molar-refractivity contribution is 5.78. The maximum atomic E-state index is 12.6. The highest BCUT2D eigenvalue weighted by atomic mass is 16.5. The van der Waals surface area contributed by atoms with E-state index in [0.29, 0.717) is 11.5 Å². The van der Waals surface area contributed by atoms with Crippen LogP contribution in [-0.4, -0.2) is 51.8 Å². The zero-order chi connectivity index (χ0) is 18.0. The number of likely N-dealkylation sites (N-methyl/N-ethyl adjacent to an activating group) is 1. The van der Waals surface area contributed by atoms with Crippen molar-refractivity contribution >= 4 is 5.97 Å². The van der Waals surface area contributed by atoms with Gasteiger partial charge >= 0.3 is 5.97 Å². The van der Waals surface area contributed by atoms with Gasteiger partial charge in [0, 0.05) is 6.54 Å². The molecule has 0 spiro atoms. The number of ether oxygens (including phenoxy) is 3. The highest BCUT2D eigenvalue weighted by Gasteiger charge is 2.40. The van der Waals surface area contributed by atoms with E-state index >= 15 is 0 Å². The number of benzene rings is 1. The molecule has 6 heteroatoms. The molecule has 0 fully saturated rings. The average Bonchev–Trinajstić information content (AvgIpc) is 3.12. The summed E-state index contributed by atoms with van der Waals surface area (Å²) in [5.74, 6) is 1.46. The molecule has 2 aromatic rings. The minimum atomic E-state index is -0.476. The van der Waals surface area contributed by atoms with E-state index in [4.69, 9.17) is 18.6 Å². The third kappa shape index (κ3) is 3.09. The number of methoxy groups -OCH3 is 3. The molecule has 0 amide bonds. The fraction of sp³-hybridized carbons (Fsp3) is 0.421. The molecule has 1 aromatic heterocycles. The second-order valence-electron chi connectivity index (χ2n) is 6.10. The maximum Gasteiger partial charge on any atom is 0.324 e. The molecule has 2 atom stereocenters. The number of nitrogens with zero attached hydrogens (tertiary/aromatic N) is 1. The fourth-order valence-corrected chi connectivity index (χ4v) is 3.52. The molecule has 0 N–H and O–H groups in total. The lowest BCUT2D eigenvalue weighted by Crippen LogP contribution is -2.43. The van der Waals surface area contributed by atoms with Gasteiger partial charge in [0.25, 0.3) is 0 Å². The minimum absolute atomic E-state index is 0.286. The van der Waals surface area contributed by atoms with E-state index in [9.17, 15) is 4.79 Å². The van der Waals surface area contributed by atoms with Gasteiger partial charge in [-0.05, 0) is 48.9 Å². The minimum Gasteiger partial charge on any atom is -0.493 e. The van der Waals surface area contributed by atoms with Crippen LogP contribution in [0.25, 0.3) is 0 Å². The Hall–Kier alpha value is -2.47. The monoisotopic (exact) mass is 345 g/mol. The standard InChI is InChI=1S/C19H23NO5/c1-20-8-7-12-10-15(22-2)16(23-3)11-13(12)17(14-6-5-9-25-14)18(20)19(21)24-4/h5-6,9-11,17-18H,7-8H2,1-4H3/t17-,18+/m0/s1. The third-order valence-corrected chi connectivity index (χ3v) is 4.80. The zero-order valence-electron chi connectivity index (χ0n) is 14.9. The van der Waals surface area contributed by atoms with E-state index in [-0.39, 0.29) is 11.9 Å². The van der Waals surface area contributed by atoms with Gasteiger partial charge in [-0.15, -0.1) is 0 Å². The largest absolute Gasteiger partial charge is 0.493 e.